The van der Waals surface area contributed by atoms with Gasteiger partial charge in [0.2, 0.25) is 0 Å². The van der Waals surface area contributed by atoms with Crippen molar-refractivity contribution in [1.82, 2.24) is 9.97 Å². The summed E-state index contributed by atoms with van der Waals surface area (Å²) in [5, 5.41) is 1.65. The standard InChI is InChI=1S/C20H20ClN3O2/c1-20(6-7-20)18-13(8-11-4-3-5-15(23-11)19(22)25)12-9-17(26-2)14(21)10-16(12)24-18/h3-5,9-10,24H,6-8H2,1-2H3,(H2,22,25). The number of H-pyrrole nitrogens is 1. The molecule has 1 aromatic carbocycles. The van der Waals surface area contributed by atoms with Gasteiger partial charge in [-0.2, -0.15) is 0 Å². The highest BCUT2D eigenvalue weighted by Gasteiger charge is 2.42. The van der Waals surface area contributed by atoms with E-state index in [2.05, 4.69) is 16.9 Å². The van der Waals surface area contributed by atoms with Gasteiger partial charge < -0.3 is 15.5 Å². The molecule has 2 aromatic heterocycles. The van der Waals surface area contributed by atoms with Crippen molar-refractivity contribution in [2.75, 3.05) is 7.11 Å². The maximum absolute atomic E-state index is 11.4. The van der Waals surface area contributed by atoms with Crippen LogP contribution in [0.5, 0.6) is 5.75 Å². The molecule has 0 unspecified atom stereocenters. The number of nitrogens with two attached hydrogens (primary N) is 1. The number of methoxy groups -OCH3 is 1. The van der Waals surface area contributed by atoms with Gasteiger partial charge in [0.05, 0.1) is 12.1 Å². The van der Waals surface area contributed by atoms with Crippen LogP contribution in [0.4, 0.5) is 0 Å². The van der Waals surface area contributed by atoms with E-state index >= 15 is 0 Å². The zero-order valence-electron chi connectivity index (χ0n) is 14.7. The molecule has 0 saturated heterocycles. The molecule has 26 heavy (non-hydrogen) atoms. The number of nitrogens with one attached hydrogen (secondary N) is 1. The van der Waals surface area contributed by atoms with Gasteiger partial charge in [0.15, 0.2) is 0 Å². The predicted octanol–water partition coefficient (Wildman–Crippen LogP) is 3.97. The lowest BCUT2D eigenvalue weighted by Crippen LogP contribution is -2.14. The Bertz CT molecular complexity index is 1020. The van der Waals surface area contributed by atoms with Crippen LogP contribution in [0.25, 0.3) is 10.9 Å². The monoisotopic (exact) mass is 369 g/mol. The second-order valence-corrected chi connectivity index (χ2v) is 7.53. The van der Waals surface area contributed by atoms with Gasteiger partial charge in [0.25, 0.3) is 5.91 Å². The molecule has 3 N–H and O–H groups in total. The van der Waals surface area contributed by atoms with Gasteiger partial charge in [-0.05, 0) is 42.7 Å². The molecule has 0 aliphatic heterocycles. The first-order valence-corrected chi connectivity index (χ1v) is 8.93. The van der Waals surface area contributed by atoms with Crippen LogP contribution in [0, 0.1) is 0 Å². The largest absolute Gasteiger partial charge is 0.495 e. The Morgan fingerprint density at radius 1 is 1.38 bits per heavy atom. The first-order chi connectivity index (χ1) is 12.4. The van der Waals surface area contributed by atoms with E-state index in [4.69, 9.17) is 22.1 Å². The number of fused-ring (bicyclic) bond motifs is 1. The number of pyridine rings is 1. The molecular weight excluding hydrogens is 350 g/mol. The molecule has 2 heterocycles. The molecule has 1 aliphatic carbocycles. The normalized spacial score (nSPS) is 15.2. The van der Waals surface area contributed by atoms with Crippen molar-refractivity contribution in [3.63, 3.8) is 0 Å². The highest BCUT2D eigenvalue weighted by molar-refractivity contribution is 6.32. The van der Waals surface area contributed by atoms with Crippen LogP contribution in [0.2, 0.25) is 5.02 Å². The van der Waals surface area contributed by atoms with Gasteiger partial charge in [-0.15, -0.1) is 0 Å². The summed E-state index contributed by atoms with van der Waals surface area (Å²) in [7, 11) is 1.61. The summed E-state index contributed by atoms with van der Waals surface area (Å²) in [6, 6.07) is 9.23. The predicted molar refractivity (Wildman–Crippen MR) is 102 cm³/mol. The third kappa shape index (κ3) is 2.82. The molecule has 1 fully saturated rings. The number of aromatic amines is 1. The molecule has 134 valence electrons. The second kappa shape index (κ2) is 6.02. The molecule has 3 aromatic rings. The van der Waals surface area contributed by atoms with Crippen LogP contribution in [-0.4, -0.2) is 23.0 Å². The molecule has 1 amide bonds. The number of primary amides is 1. The maximum atomic E-state index is 11.4. The fourth-order valence-corrected chi connectivity index (χ4v) is 3.68. The number of hydrogen-bond acceptors (Lipinski definition) is 3. The minimum Gasteiger partial charge on any atom is -0.495 e. The Labute approximate surface area is 156 Å². The Morgan fingerprint density at radius 2 is 2.15 bits per heavy atom. The summed E-state index contributed by atoms with van der Waals surface area (Å²) in [5.41, 5.74) is 9.97. The summed E-state index contributed by atoms with van der Waals surface area (Å²) >= 11 is 6.30. The van der Waals surface area contributed by atoms with E-state index in [1.807, 2.05) is 24.3 Å². The molecule has 1 aliphatic rings. The minimum absolute atomic E-state index is 0.148. The molecule has 0 atom stereocenters. The van der Waals surface area contributed by atoms with E-state index in [1.165, 1.54) is 11.3 Å². The van der Waals surface area contributed by atoms with E-state index in [1.54, 1.807) is 13.2 Å². The highest BCUT2D eigenvalue weighted by Crippen LogP contribution is 2.50. The Hall–Kier alpha value is -2.53. The van der Waals surface area contributed by atoms with Crippen molar-refractivity contribution in [3.05, 3.63) is 58.0 Å². The van der Waals surface area contributed by atoms with Crippen molar-refractivity contribution >= 4 is 28.4 Å². The highest BCUT2D eigenvalue weighted by atomic mass is 35.5. The maximum Gasteiger partial charge on any atom is 0.267 e. The van der Waals surface area contributed by atoms with Crippen molar-refractivity contribution in [2.24, 2.45) is 5.73 Å². The average Bonchev–Trinajstić information content (AvgIpc) is 3.27. The van der Waals surface area contributed by atoms with Crippen LogP contribution in [0.1, 0.15) is 47.2 Å². The number of nitrogens with zero attached hydrogens (tertiary/aromatic N) is 1. The van der Waals surface area contributed by atoms with E-state index in [-0.39, 0.29) is 11.1 Å². The molecule has 5 nitrogen and oxygen atoms in total. The number of carbonyl (C=O) groups is 1. The van der Waals surface area contributed by atoms with E-state index < -0.39 is 5.91 Å². The average molecular weight is 370 g/mol. The summed E-state index contributed by atoms with van der Waals surface area (Å²) < 4.78 is 5.40. The van der Waals surface area contributed by atoms with Crippen molar-refractivity contribution in [3.8, 4) is 5.75 Å². The zero-order chi connectivity index (χ0) is 18.5. The molecule has 0 bridgehead atoms. The smallest absolute Gasteiger partial charge is 0.267 e. The SMILES string of the molecule is COc1cc2c(Cc3cccc(C(N)=O)n3)c(C3(C)CC3)[nH]c2cc1Cl. The summed E-state index contributed by atoms with van der Waals surface area (Å²) in [5.74, 6) is 0.124. The summed E-state index contributed by atoms with van der Waals surface area (Å²) in [4.78, 5) is 19.4. The fourth-order valence-electron chi connectivity index (χ4n) is 3.44. The first-order valence-electron chi connectivity index (χ1n) is 8.55. The number of carbonyl (C=O) groups excluding carboxylic acids is 1. The number of ether oxygens (including phenoxy) is 1. The second-order valence-electron chi connectivity index (χ2n) is 7.13. The van der Waals surface area contributed by atoms with Gasteiger partial charge in [-0.3, -0.25) is 4.79 Å². The Kier molecular flexibility index (Phi) is 3.92. The molecule has 0 spiro atoms. The lowest BCUT2D eigenvalue weighted by molar-refractivity contribution is 0.0995. The third-order valence-corrected chi connectivity index (χ3v) is 5.49. The fraction of sp³-hybridized carbons (Fsp3) is 0.300. The molecule has 6 heteroatoms. The number of benzene rings is 1. The summed E-state index contributed by atoms with van der Waals surface area (Å²) in [6.07, 6.45) is 2.90. The Morgan fingerprint density at radius 3 is 2.81 bits per heavy atom. The number of hydrogen-bond donors (Lipinski definition) is 2. The van der Waals surface area contributed by atoms with Crippen molar-refractivity contribution in [2.45, 2.75) is 31.6 Å². The molecule has 0 radical (unpaired) electrons. The summed E-state index contributed by atoms with van der Waals surface area (Å²) in [6.45, 7) is 2.26. The third-order valence-electron chi connectivity index (χ3n) is 5.20. The molecular formula is C20H20ClN3O2. The Balaban J connectivity index is 1.87. The van der Waals surface area contributed by atoms with Crippen LogP contribution < -0.4 is 10.5 Å². The number of aromatic nitrogens is 2. The number of amides is 1. The molecule has 4 rings (SSSR count). The minimum atomic E-state index is -0.520. The van der Waals surface area contributed by atoms with E-state index in [0.29, 0.717) is 17.2 Å². The van der Waals surface area contributed by atoms with Gasteiger partial charge in [-0.1, -0.05) is 24.6 Å². The zero-order valence-corrected chi connectivity index (χ0v) is 15.5. The lowest BCUT2D eigenvalue weighted by Gasteiger charge is -2.11. The van der Waals surface area contributed by atoms with Gasteiger partial charge in [0, 0.05) is 34.1 Å². The number of rotatable bonds is 5. The van der Waals surface area contributed by atoms with Gasteiger partial charge >= 0.3 is 0 Å². The lowest BCUT2D eigenvalue weighted by atomic mass is 9.96. The van der Waals surface area contributed by atoms with Crippen molar-refractivity contribution in [1.29, 1.82) is 0 Å². The van der Waals surface area contributed by atoms with E-state index in [0.717, 1.165) is 29.4 Å². The van der Waals surface area contributed by atoms with Crippen LogP contribution >= 0.6 is 11.6 Å². The first kappa shape index (κ1) is 16.9. The van der Waals surface area contributed by atoms with E-state index in [9.17, 15) is 4.79 Å². The van der Waals surface area contributed by atoms with Crippen LogP contribution in [0.3, 0.4) is 0 Å². The molecule has 1 saturated carbocycles. The topological polar surface area (TPSA) is 81.0 Å². The quantitative estimate of drug-likeness (QED) is 0.714. The van der Waals surface area contributed by atoms with Crippen LogP contribution in [0.15, 0.2) is 30.3 Å². The van der Waals surface area contributed by atoms with Gasteiger partial charge in [-0.25, -0.2) is 4.98 Å². The number of halogens is 1. The van der Waals surface area contributed by atoms with Crippen LogP contribution in [-0.2, 0) is 11.8 Å². The van der Waals surface area contributed by atoms with Crippen molar-refractivity contribution < 1.29 is 9.53 Å². The van der Waals surface area contributed by atoms with Gasteiger partial charge in [0.1, 0.15) is 11.4 Å².